The third-order valence-corrected chi connectivity index (χ3v) is 3.52. The summed E-state index contributed by atoms with van der Waals surface area (Å²) in [6.07, 6.45) is 3.20. The van der Waals surface area contributed by atoms with Crippen molar-refractivity contribution in [1.82, 2.24) is 0 Å². The molecule has 0 amide bonds. The highest BCUT2D eigenvalue weighted by Crippen LogP contribution is 2.16. The van der Waals surface area contributed by atoms with Crippen molar-refractivity contribution < 1.29 is 9.18 Å². The van der Waals surface area contributed by atoms with Gasteiger partial charge in [-0.15, -0.1) is 0 Å². The molecule has 0 heterocycles. The molecule has 0 aliphatic rings. The zero-order chi connectivity index (χ0) is 14.4. The molecule has 2 unspecified atom stereocenters. The van der Waals surface area contributed by atoms with E-state index in [1.54, 1.807) is 6.07 Å². The van der Waals surface area contributed by atoms with E-state index in [4.69, 9.17) is 5.73 Å². The summed E-state index contributed by atoms with van der Waals surface area (Å²) in [5.41, 5.74) is 7.46. The first-order valence-corrected chi connectivity index (χ1v) is 6.93. The van der Waals surface area contributed by atoms with Crippen molar-refractivity contribution >= 4 is 5.78 Å². The van der Waals surface area contributed by atoms with Gasteiger partial charge in [-0.05, 0) is 49.9 Å². The number of ketones is 1. The number of carbonyl (C=O) groups is 1. The molecule has 1 aromatic rings. The van der Waals surface area contributed by atoms with Crippen molar-refractivity contribution in [3.63, 3.8) is 0 Å². The second-order valence-electron chi connectivity index (χ2n) is 5.52. The molecule has 2 N–H and O–H groups in total. The lowest BCUT2D eigenvalue weighted by Crippen LogP contribution is -2.17. The number of rotatable bonds is 7. The highest BCUT2D eigenvalue weighted by atomic mass is 19.1. The van der Waals surface area contributed by atoms with Crippen molar-refractivity contribution in [1.29, 1.82) is 0 Å². The Balaban J connectivity index is 2.49. The van der Waals surface area contributed by atoms with Gasteiger partial charge in [0.25, 0.3) is 0 Å². The Morgan fingerprint density at radius 3 is 2.58 bits per heavy atom. The maximum atomic E-state index is 13.0. The van der Waals surface area contributed by atoms with Gasteiger partial charge in [-0.25, -0.2) is 4.39 Å². The molecule has 3 heteroatoms. The Morgan fingerprint density at radius 1 is 1.32 bits per heavy atom. The molecule has 106 valence electrons. The van der Waals surface area contributed by atoms with E-state index < -0.39 is 0 Å². The number of hydrogen-bond donors (Lipinski definition) is 1. The quantitative estimate of drug-likeness (QED) is 0.821. The minimum atomic E-state index is -0.251. The summed E-state index contributed by atoms with van der Waals surface area (Å²) in [5, 5.41) is 0. The molecule has 1 aromatic carbocycles. The molecule has 0 saturated carbocycles. The van der Waals surface area contributed by atoms with Crippen LogP contribution in [0.3, 0.4) is 0 Å². The van der Waals surface area contributed by atoms with Crippen LogP contribution in [0.15, 0.2) is 18.2 Å². The Morgan fingerprint density at radius 2 is 2.00 bits per heavy atom. The van der Waals surface area contributed by atoms with Gasteiger partial charge in [0.05, 0.1) is 0 Å². The van der Waals surface area contributed by atoms with Gasteiger partial charge < -0.3 is 5.73 Å². The van der Waals surface area contributed by atoms with Gasteiger partial charge in [0.15, 0.2) is 0 Å². The number of halogens is 1. The highest BCUT2D eigenvalue weighted by Gasteiger charge is 2.14. The summed E-state index contributed by atoms with van der Waals surface area (Å²) in [6, 6.07) is 4.79. The van der Waals surface area contributed by atoms with Crippen LogP contribution in [0, 0.1) is 18.7 Å². The van der Waals surface area contributed by atoms with E-state index in [9.17, 15) is 9.18 Å². The van der Waals surface area contributed by atoms with Crippen LogP contribution in [0.4, 0.5) is 4.39 Å². The van der Waals surface area contributed by atoms with Crippen LogP contribution in [0.1, 0.15) is 44.2 Å². The molecular formula is C16H24FNO. The largest absolute Gasteiger partial charge is 0.328 e. The van der Waals surface area contributed by atoms with Crippen LogP contribution in [0.2, 0.25) is 0 Å². The Hall–Kier alpha value is -1.22. The summed E-state index contributed by atoms with van der Waals surface area (Å²) in [7, 11) is 0. The lowest BCUT2D eigenvalue weighted by Gasteiger charge is -2.12. The molecular weight excluding hydrogens is 241 g/mol. The van der Waals surface area contributed by atoms with Crippen LogP contribution in [-0.4, -0.2) is 11.8 Å². The van der Waals surface area contributed by atoms with E-state index in [1.165, 1.54) is 12.1 Å². The molecule has 1 rings (SSSR count). The van der Waals surface area contributed by atoms with Crippen molar-refractivity contribution in [2.75, 3.05) is 0 Å². The van der Waals surface area contributed by atoms with Crippen molar-refractivity contribution in [2.24, 2.45) is 11.7 Å². The molecule has 0 spiro atoms. The normalized spacial score (nSPS) is 14.2. The fraction of sp³-hybridized carbons (Fsp3) is 0.562. The van der Waals surface area contributed by atoms with E-state index >= 15 is 0 Å². The second kappa shape index (κ2) is 7.39. The number of benzene rings is 1. The molecule has 2 nitrogen and oxygen atoms in total. The van der Waals surface area contributed by atoms with Gasteiger partial charge in [-0.1, -0.05) is 19.4 Å². The zero-order valence-corrected chi connectivity index (χ0v) is 12.1. The van der Waals surface area contributed by atoms with Crippen LogP contribution >= 0.6 is 0 Å². The van der Waals surface area contributed by atoms with E-state index in [1.807, 2.05) is 20.8 Å². The predicted octanol–water partition coefficient (Wildman–Crippen LogP) is 3.40. The molecule has 19 heavy (non-hydrogen) atoms. The Bertz CT molecular complexity index is 429. The van der Waals surface area contributed by atoms with E-state index in [2.05, 4.69) is 0 Å². The fourth-order valence-corrected chi connectivity index (χ4v) is 2.13. The van der Waals surface area contributed by atoms with Crippen LogP contribution in [-0.2, 0) is 11.2 Å². The van der Waals surface area contributed by atoms with Gasteiger partial charge in [0.1, 0.15) is 11.6 Å². The van der Waals surface area contributed by atoms with Crippen molar-refractivity contribution in [3.8, 4) is 0 Å². The summed E-state index contributed by atoms with van der Waals surface area (Å²) in [5.74, 6) is 0.0151. The maximum absolute atomic E-state index is 13.0. The Labute approximate surface area is 115 Å². The summed E-state index contributed by atoms with van der Waals surface area (Å²) in [4.78, 5) is 12.1. The number of nitrogens with two attached hydrogens (primary N) is 1. The molecule has 0 aliphatic heterocycles. The highest BCUT2D eigenvalue weighted by molar-refractivity contribution is 5.83. The number of aryl methyl sites for hydroxylation is 1. The average molecular weight is 265 g/mol. The van der Waals surface area contributed by atoms with Gasteiger partial charge in [0, 0.05) is 18.4 Å². The molecule has 0 fully saturated rings. The average Bonchev–Trinajstić information content (AvgIpc) is 2.32. The van der Waals surface area contributed by atoms with Crippen molar-refractivity contribution in [3.05, 3.63) is 35.1 Å². The van der Waals surface area contributed by atoms with Gasteiger partial charge in [-0.2, -0.15) is 0 Å². The van der Waals surface area contributed by atoms with E-state index in [-0.39, 0.29) is 23.6 Å². The molecule has 0 saturated heterocycles. The van der Waals surface area contributed by atoms with Crippen LogP contribution < -0.4 is 5.73 Å². The number of carbonyl (C=O) groups excluding carboxylic acids is 1. The van der Waals surface area contributed by atoms with Crippen LogP contribution in [0.25, 0.3) is 0 Å². The topological polar surface area (TPSA) is 43.1 Å². The monoisotopic (exact) mass is 265 g/mol. The Kier molecular flexibility index (Phi) is 6.16. The lowest BCUT2D eigenvalue weighted by molar-refractivity contribution is -0.121. The first kappa shape index (κ1) is 15.8. The first-order chi connectivity index (χ1) is 8.90. The van der Waals surface area contributed by atoms with Crippen LogP contribution in [0.5, 0.6) is 0 Å². The molecule has 0 aromatic heterocycles. The van der Waals surface area contributed by atoms with Gasteiger partial charge in [-0.3, -0.25) is 4.79 Å². The molecule has 0 aliphatic carbocycles. The SMILES string of the molecule is Cc1cc(F)ccc1CC(=O)C(C)CCCC(C)N. The van der Waals surface area contributed by atoms with Crippen molar-refractivity contribution in [2.45, 2.75) is 52.5 Å². The zero-order valence-electron chi connectivity index (χ0n) is 12.1. The van der Waals surface area contributed by atoms with Gasteiger partial charge >= 0.3 is 0 Å². The third-order valence-electron chi connectivity index (χ3n) is 3.52. The first-order valence-electron chi connectivity index (χ1n) is 6.93. The number of hydrogen-bond acceptors (Lipinski definition) is 2. The molecule has 2 atom stereocenters. The summed E-state index contributed by atoms with van der Waals surface area (Å²) >= 11 is 0. The number of Topliss-reactive ketones (excluding diaryl/α,β-unsaturated/α-hetero) is 1. The van der Waals surface area contributed by atoms with E-state index in [0.29, 0.717) is 6.42 Å². The summed E-state index contributed by atoms with van der Waals surface area (Å²) in [6.45, 7) is 5.78. The maximum Gasteiger partial charge on any atom is 0.140 e. The summed E-state index contributed by atoms with van der Waals surface area (Å²) < 4.78 is 13.0. The molecule has 0 bridgehead atoms. The predicted molar refractivity (Wildman–Crippen MR) is 76.5 cm³/mol. The minimum absolute atomic E-state index is 0.0446. The van der Waals surface area contributed by atoms with Gasteiger partial charge in [0.2, 0.25) is 0 Å². The lowest BCUT2D eigenvalue weighted by atomic mass is 9.92. The minimum Gasteiger partial charge on any atom is -0.328 e. The second-order valence-corrected chi connectivity index (χ2v) is 5.52. The standard InChI is InChI=1S/C16H24FNO/c1-11(5-4-6-13(3)18)16(19)10-14-7-8-15(17)9-12(14)2/h7-9,11,13H,4-6,10,18H2,1-3H3. The van der Waals surface area contributed by atoms with E-state index in [0.717, 1.165) is 30.4 Å². The third kappa shape index (κ3) is 5.52. The smallest absolute Gasteiger partial charge is 0.140 e. The fourth-order valence-electron chi connectivity index (χ4n) is 2.13. The molecule has 0 radical (unpaired) electrons.